The minimum absolute atomic E-state index is 0.0305. The minimum Gasteiger partial charge on any atom is -0.497 e. The molecule has 37 heavy (non-hydrogen) atoms. The molecule has 1 saturated heterocycles. The van der Waals surface area contributed by atoms with Crippen molar-refractivity contribution in [3.05, 3.63) is 65.2 Å². The second-order valence-corrected chi connectivity index (χ2v) is 9.78. The summed E-state index contributed by atoms with van der Waals surface area (Å²) in [4.78, 5) is 30.0. The number of nitrogens with zero attached hydrogens (tertiary/aromatic N) is 2. The highest BCUT2D eigenvalue weighted by atomic mass is 19.4. The molecule has 1 saturated carbocycles. The van der Waals surface area contributed by atoms with E-state index in [4.69, 9.17) is 4.74 Å². The SMILES string of the molecule is COc1ccc(CCNC(=O)[C@H](C2CCCC2)N2CCN(C(=O)c3ccc(C(F)(F)F)cc3)CC2)cc1. The Kier molecular flexibility index (Phi) is 8.74. The van der Waals surface area contributed by atoms with Gasteiger partial charge < -0.3 is 15.0 Å². The van der Waals surface area contributed by atoms with Crippen molar-refractivity contribution in [3.8, 4) is 5.75 Å². The van der Waals surface area contributed by atoms with Crippen LogP contribution in [0.25, 0.3) is 0 Å². The molecule has 0 bridgehead atoms. The van der Waals surface area contributed by atoms with Crippen molar-refractivity contribution < 1.29 is 27.5 Å². The molecular formula is C28H34F3N3O3. The second-order valence-electron chi connectivity index (χ2n) is 9.78. The summed E-state index contributed by atoms with van der Waals surface area (Å²) in [6, 6.07) is 11.9. The van der Waals surface area contributed by atoms with E-state index in [1.165, 1.54) is 12.1 Å². The van der Waals surface area contributed by atoms with Gasteiger partial charge in [0.2, 0.25) is 5.91 Å². The Morgan fingerprint density at radius 1 is 0.973 bits per heavy atom. The average molecular weight is 518 g/mol. The van der Waals surface area contributed by atoms with Crippen LogP contribution >= 0.6 is 0 Å². The molecule has 1 heterocycles. The van der Waals surface area contributed by atoms with E-state index in [1.807, 2.05) is 24.3 Å². The highest BCUT2D eigenvalue weighted by Crippen LogP contribution is 2.32. The van der Waals surface area contributed by atoms with Crippen molar-refractivity contribution >= 4 is 11.8 Å². The number of halogens is 3. The van der Waals surface area contributed by atoms with Gasteiger partial charge in [-0.15, -0.1) is 0 Å². The molecule has 1 aliphatic carbocycles. The Morgan fingerprint density at radius 2 is 1.59 bits per heavy atom. The number of ether oxygens (including phenoxy) is 1. The van der Waals surface area contributed by atoms with E-state index in [9.17, 15) is 22.8 Å². The summed E-state index contributed by atoms with van der Waals surface area (Å²) in [5.74, 6) is 0.834. The third-order valence-electron chi connectivity index (χ3n) is 7.44. The lowest BCUT2D eigenvalue weighted by Crippen LogP contribution is -2.58. The number of nitrogens with one attached hydrogen (secondary N) is 1. The maximum absolute atomic E-state index is 13.3. The number of amides is 2. The summed E-state index contributed by atoms with van der Waals surface area (Å²) in [6.07, 6.45) is 0.558. The first-order chi connectivity index (χ1) is 17.8. The average Bonchev–Trinajstić information content (AvgIpc) is 3.43. The summed E-state index contributed by atoms with van der Waals surface area (Å²) >= 11 is 0. The number of carbonyl (C=O) groups excluding carboxylic acids is 2. The molecule has 0 spiro atoms. The number of alkyl halides is 3. The highest BCUT2D eigenvalue weighted by molar-refractivity contribution is 5.94. The Balaban J connectivity index is 1.33. The minimum atomic E-state index is -4.43. The van der Waals surface area contributed by atoms with Crippen molar-refractivity contribution in [2.24, 2.45) is 5.92 Å². The van der Waals surface area contributed by atoms with Crippen LogP contribution in [0.1, 0.15) is 47.2 Å². The van der Waals surface area contributed by atoms with Gasteiger partial charge >= 0.3 is 6.18 Å². The van der Waals surface area contributed by atoms with Gasteiger partial charge in [0.1, 0.15) is 5.75 Å². The maximum atomic E-state index is 13.3. The lowest BCUT2D eigenvalue weighted by Gasteiger charge is -2.40. The Labute approximate surface area is 215 Å². The van der Waals surface area contributed by atoms with Crippen LogP contribution in [0, 0.1) is 5.92 Å². The molecule has 2 aromatic carbocycles. The largest absolute Gasteiger partial charge is 0.497 e. The number of hydrogen-bond acceptors (Lipinski definition) is 4. The topological polar surface area (TPSA) is 61.9 Å². The van der Waals surface area contributed by atoms with Crippen LogP contribution in [0.5, 0.6) is 5.75 Å². The molecular weight excluding hydrogens is 483 g/mol. The van der Waals surface area contributed by atoms with E-state index < -0.39 is 11.7 Å². The Bertz CT molecular complexity index is 1040. The first-order valence-electron chi connectivity index (χ1n) is 12.9. The third-order valence-corrected chi connectivity index (χ3v) is 7.44. The Morgan fingerprint density at radius 3 is 2.16 bits per heavy atom. The second kappa shape index (κ2) is 12.0. The van der Waals surface area contributed by atoms with Crippen LogP contribution in [0.2, 0.25) is 0 Å². The fourth-order valence-electron chi connectivity index (χ4n) is 5.37. The molecule has 2 aromatic rings. The molecule has 4 rings (SSSR count). The predicted octanol–water partition coefficient (Wildman–Crippen LogP) is 4.39. The Hall–Kier alpha value is -3.07. The number of hydrogen-bond donors (Lipinski definition) is 1. The molecule has 1 atom stereocenters. The molecule has 2 fully saturated rings. The zero-order valence-corrected chi connectivity index (χ0v) is 21.1. The molecule has 200 valence electrons. The van der Waals surface area contributed by atoms with E-state index in [0.29, 0.717) is 32.7 Å². The van der Waals surface area contributed by atoms with Gasteiger partial charge in [-0.1, -0.05) is 25.0 Å². The monoisotopic (exact) mass is 517 g/mol. The fraction of sp³-hybridized carbons (Fsp3) is 0.500. The van der Waals surface area contributed by atoms with Gasteiger partial charge in [-0.05, 0) is 67.1 Å². The van der Waals surface area contributed by atoms with Gasteiger partial charge in [-0.25, -0.2) is 0 Å². The van der Waals surface area contributed by atoms with Crippen LogP contribution in [0.15, 0.2) is 48.5 Å². The van der Waals surface area contributed by atoms with Crippen molar-refractivity contribution in [2.75, 3.05) is 39.8 Å². The van der Waals surface area contributed by atoms with E-state index in [-0.39, 0.29) is 29.3 Å². The summed E-state index contributed by atoms with van der Waals surface area (Å²) in [6.45, 7) is 2.52. The van der Waals surface area contributed by atoms with E-state index in [0.717, 1.165) is 55.5 Å². The van der Waals surface area contributed by atoms with Crippen molar-refractivity contribution in [1.29, 1.82) is 0 Å². The normalized spacial score (nSPS) is 18.0. The number of methoxy groups -OCH3 is 1. The first kappa shape index (κ1) is 27.0. The molecule has 2 aliphatic rings. The molecule has 6 nitrogen and oxygen atoms in total. The molecule has 0 unspecified atom stereocenters. The van der Waals surface area contributed by atoms with Crippen LogP contribution in [-0.2, 0) is 17.4 Å². The lowest BCUT2D eigenvalue weighted by atomic mass is 9.94. The first-order valence-corrected chi connectivity index (χ1v) is 12.9. The number of benzene rings is 2. The van der Waals surface area contributed by atoms with Gasteiger partial charge in [0.05, 0.1) is 18.7 Å². The highest BCUT2D eigenvalue weighted by Gasteiger charge is 2.37. The molecule has 0 aromatic heterocycles. The van der Waals surface area contributed by atoms with Gasteiger partial charge in [-0.2, -0.15) is 13.2 Å². The third kappa shape index (κ3) is 6.83. The van der Waals surface area contributed by atoms with Crippen LogP contribution in [0.3, 0.4) is 0 Å². The van der Waals surface area contributed by atoms with Crippen molar-refractivity contribution in [1.82, 2.24) is 15.1 Å². The zero-order chi connectivity index (χ0) is 26.4. The van der Waals surface area contributed by atoms with Crippen LogP contribution in [0.4, 0.5) is 13.2 Å². The van der Waals surface area contributed by atoms with Crippen molar-refractivity contribution in [2.45, 2.75) is 44.3 Å². The maximum Gasteiger partial charge on any atom is 0.416 e. The summed E-state index contributed by atoms with van der Waals surface area (Å²) in [5.41, 5.74) is 0.588. The van der Waals surface area contributed by atoms with E-state index >= 15 is 0 Å². The predicted molar refractivity (Wildman–Crippen MR) is 134 cm³/mol. The van der Waals surface area contributed by atoms with Gasteiger partial charge in [-0.3, -0.25) is 14.5 Å². The molecule has 2 amide bonds. The molecule has 0 radical (unpaired) electrons. The van der Waals surface area contributed by atoms with Gasteiger partial charge in [0.15, 0.2) is 0 Å². The number of piperazine rings is 1. The van der Waals surface area contributed by atoms with Crippen LogP contribution in [-0.4, -0.2) is 67.5 Å². The molecule has 1 aliphatic heterocycles. The summed E-state index contributed by atoms with van der Waals surface area (Å²) < 4.78 is 43.7. The smallest absolute Gasteiger partial charge is 0.416 e. The number of carbonyl (C=O) groups is 2. The van der Waals surface area contributed by atoms with E-state index in [2.05, 4.69) is 10.2 Å². The summed E-state index contributed by atoms with van der Waals surface area (Å²) in [7, 11) is 1.63. The number of rotatable bonds is 8. The van der Waals surface area contributed by atoms with E-state index in [1.54, 1.807) is 12.0 Å². The fourth-order valence-corrected chi connectivity index (χ4v) is 5.37. The lowest BCUT2D eigenvalue weighted by molar-refractivity contribution is -0.137. The standard InChI is InChI=1S/C28H34F3N3O3/c1-37-24-12-6-20(7-13-24)14-15-32-26(35)25(21-4-2-3-5-21)33-16-18-34(19-17-33)27(36)22-8-10-23(11-9-22)28(29,30)31/h6-13,21,25H,2-5,14-19H2,1H3,(H,32,35)/t25-/m0/s1. The molecule has 1 N–H and O–H groups in total. The van der Waals surface area contributed by atoms with Gasteiger partial charge in [0.25, 0.3) is 5.91 Å². The van der Waals surface area contributed by atoms with Gasteiger partial charge in [0, 0.05) is 38.3 Å². The van der Waals surface area contributed by atoms with Crippen molar-refractivity contribution in [3.63, 3.8) is 0 Å². The molecule has 9 heteroatoms. The zero-order valence-electron chi connectivity index (χ0n) is 21.1. The van der Waals surface area contributed by atoms with Crippen LogP contribution < -0.4 is 10.1 Å². The quantitative estimate of drug-likeness (QED) is 0.564. The summed E-state index contributed by atoms with van der Waals surface area (Å²) in [5, 5.41) is 3.13.